The van der Waals surface area contributed by atoms with E-state index in [9.17, 15) is 4.79 Å². The molecule has 110 valence electrons. The molecule has 0 aromatic heterocycles. The lowest BCUT2D eigenvalue weighted by atomic mass is 10.2. The van der Waals surface area contributed by atoms with Crippen molar-refractivity contribution >= 4 is 6.16 Å². The second-order valence-corrected chi connectivity index (χ2v) is 4.16. The molecule has 21 heavy (non-hydrogen) atoms. The van der Waals surface area contributed by atoms with Crippen molar-refractivity contribution in [2.24, 2.45) is 0 Å². The van der Waals surface area contributed by atoms with Crippen molar-refractivity contribution < 1.29 is 23.7 Å². The summed E-state index contributed by atoms with van der Waals surface area (Å²) in [6.45, 7) is 0.138. The highest BCUT2D eigenvalue weighted by atomic mass is 16.7. The van der Waals surface area contributed by atoms with Gasteiger partial charge in [-0.3, -0.25) is 0 Å². The molecule has 0 saturated carbocycles. The molecule has 0 spiro atoms. The Hall–Kier alpha value is -2.69. The van der Waals surface area contributed by atoms with E-state index < -0.39 is 6.16 Å². The Balaban J connectivity index is 1.83. The van der Waals surface area contributed by atoms with E-state index >= 15 is 0 Å². The van der Waals surface area contributed by atoms with Gasteiger partial charge < -0.3 is 18.9 Å². The highest BCUT2D eigenvalue weighted by Crippen LogP contribution is 2.18. The molecule has 0 aliphatic carbocycles. The first kappa shape index (κ1) is 14.7. The van der Waals surface area contributed by atoms with Crippen molar-refractivity contribution in [3.63, 3.8) is 0 Å². The van der Waals surface area contributed by atoms with Crippen molar-refractivity contribution in [2.75, 3.05) is 14.2 Å². The molecule has 2 aromatic rings. The summed E-state index contributed by atoms with van der Waals surface area (Å²) in [5.74, 6) is 1.84. The van der Waals surface area contributed by atoms with Gasteiger partial charge in [0, 0.05) is 0 Å². The summed E-state index contributed by atoms with van der Waals surface area (Å²) in [7, 11) is 3.16. The van der Waals surface area contributed by atoms with Crippen LogP contribution in [0.1, 0.15) is 5.56 Å². The lowest BCUT2D eigenvalue weighted by Gasteiger charge is -2.07. The van der Waals surface area contributed by atoms with E-state index in [2.05, 4.69) is 0 Å². The Kier molecular flexibility index (Phi) is 5.04. The van der Waals surface area contributed by atoms with Gasteiger partial charge in [0.15, 0.2) is 0 Å². The number of hydrogen-bond donors (Lipinski definition) is 0. The maximum atomic E-state index is 11.6. The molecule has 5 nitrogen and oxygen atoms in total. The fourth-order valence-electron chi connectivity index (χ4n) is 1.63. The van der Waals surface area contributed by atoms with Gasteiger partial charge in [0.05, 0.1) is 14.2 Å². The van der Waals surface area contributed by atoms with Gasteiger partial charge >= 0.3 is 6.16 Å². The summed E-state index contributed by atoms with van der Waals surface area (Å²) in [5.41, 5.74) is 0.850. The Bertz CT molecular complexity index is 575. The van der Waals surface area contributed by atoms with Gasteiger partial charge in [0.1, 0.15) is 23.9 Å². The van der Waals surface area contributed by atoms with Crippen molar-refractivity contribution in [3.8, 4) is 17.2 Å². The van der Waals surface area contributed by atoms with Crippen LogP contribution in [0.25, 0.3) is 0 Å². The molecule has 0 radical (unpaired) electrons. The summed E-state index contributed by atoms with van der Waals surface area (Å²) in [6, 6.07) is 13.9. The van der Waals surface area contributed by atoms with Crippen LogP contribution in [0.4, 0.5) is 4.79 Å². The zero-order chi connectivity index (χ0) is 15.1. The number of ether oxygens (including phenoxy) is 4. The van der Waals surface area contributed by atoms with E-state index in [1.807, 2.05) is 12.1 Å². The first-order valence-electron chi connectivity index (χ1n) is 6.33. The largest absolute Gasteiger partial charge is 0.514 e. The minimum absolute atomic E-state index is 0.138. The minimum Gasteiger partial charge on any atom is -0.497 e. The first-order valence-corrected chi connectivity index (χ1v) is 6.33. The smallest absolute Gasteiger partial charge is 0.497 e. The Morgan fingerprint density at radius 1 is 0.810 bits per heavy atom. The van der Waals surface area contributed by atoms with Crippen molar-refractivity contribution in [2.45, 2.75) is 6.61 Å². The van der Waals surface area contributed by atoms with Gasteiger partial charge in [-0.2, -0.15) is 0 Å². The molecular formula is C16H16O5. The van der Waals surface area contributed by atoms with Crippen LogP contribution < -0.4 is 14.2 Å². The van der Waals surface area contributed by atoms with E-state index in [-0.39, 0.29) is 6.61 Å². The maximum absolute atomic E-state index is 11.6. The number of carbonyl (C=O) groups excluding carboxylic acids is 1. The molecule has 0 amide bonds. The van der Waals surface area contributed by atoms with Crippen LogP contribution in [0.2, 0.25) is 0 Å². The number of hydrogen-bond acceptors (Lipinski definition) is 5. The summed E-state index contributed by atoms with van der Waals surface area (Å²) < 4.78 is 20.1. The molecule has 0 N–H and O–H groups in total. The standard InChI is InChI=1S/C16H16O5/c1-18-13-5-3-12(4-6-13)11-20-16(17)21-15-9-7-14(19-2)8-10-15/h3-10H,11H2,1-2H3. The summed E-state index contributed by atoms with van der Waals surface area (Å²) >= 11 is 0. The van der Waals surface area contributed by atoms with Gasteiger partial charge in [-0.25, -0.2) is 4.79 Å². The fraction of sp³-hybridized carbons (Fsp3) is 0.188. The molecule has 5 heteroatoms. The summed E-state index contributed by atoms with van der Waals surface area (Å²) in [4.78, 5) is 11.6. The number of carbonyl (C=O) groups is 1. The second-order valence-electron chi connectivity index (χ2n) is 4.16. The monoisotopic (exact) mass is 288 g/mol. The van der Waals surface area contributed by atoms with Gasteiger partial charge in [0.25, 0.3) is 0 Å². The van der Waals surface area contributed by atoms with Crippen LogP contribution in [0.15, 0.2) is 48.5 Å². The van der Waals surface area contributed by atoms with Gasteiger partial charge in [0.2, 0.25) is 0 Å². The van der Waals surface area contributed by atoms with Crippen molar-refractivity contribution in [3.05, 3.63) is 54.1 Å². The Morgan fingerprint density at radius 2 is 1.29 bits per heavy atom. The predicted molar refractivity (Wildman–Crippen MR) is 76.8 cm³/mol. The average molecular weight is 288 g/mol. The number of methoxy groups -OCH3 is 2. The molecule has 2 rings (SSSR count). The zero-order valence-electron chi connectivity index (χ0n) is 11.9. The van der Waals surface area contributed by atoms with Crippen molar-refractivity contribution in [1.82, 2.24) is 0 Å². The van der Waals surface area contributed by atoms with E-state index in [0.717, 1.165) is 11.3 Å². The van der Waals surface area contributed by atoms with Gasteiger partial charge in [-0.05, 0) is 42.0 Å². The van der Waals surface area contributed by atoms with Gasteiger partial charge in [-0.15, -0.1) is 0 Å². The average Bonchev–Trinajstić information content (AvgIpc) is 2.54. The van der Waals surface area contributed by atoms with E-state index in [1.54, 1.807) is 50.6 Å². The molecule has 0 saturated heterocycles. The lowest BCUT2D eigenvalue weighted by molar-refractivity contribution is 0.0927. The summed E-state index contributed by atoms with van der Waals surface area (Å²) in [6.07, 6.45) is -0.754. The van der Waals surface area contributed by atoms with Crippen LogP contribution >= 0.6 is 0 Å². The third-order valence-electron chi connectivity index (χ3n) is 2.78. The quantitative estimate of drug-likeness (QED) is 0.623. The molecule has 0 bridgehead atoms. The highest BCUT2D eigenvalue weighted by Gasteiger charge is 2.06. The lowest BCUT2D eigenvalue weighted by Crippen LogP contribution is -2.10. The molecule has 0 aliphatic heterocycles. The fourth-order valence-corrected chi connectivity index (χ4v) is 1.63. The molecule has 0 unspecified atom stereocenters. The molecule has 0 heterocycles. The number of rotatable bonds is 5. The molecule has 0 atom stereocenters. The van der Waals surface area contributed by atoms with Crippen LogP contribution in [-0.2, 0) is 11.3 Å². The number of benzene rings is 2. The molecule has 0 fully saturated rings. The predicted octanol–water partition coefficient (Wildman–Crippen LogP) is 3.42. The van der Waals surface area contributed by atoms with Crippen LogP contribution in [0.5, 0.6) is 17.2 Å². The molecular weight excluding hydrogens is 272 g/mol. The van der Waals surface area contributed by atoms with Gasteiger partial charge in [-0.1, -0.05) is 12.1 Å². The SMILES string of the molecule is COc1ccc(COC(=O)Oc2ccc(OC)cc2)cc1. The van der Waals surface area contributed by atoms with Crippen LogP contribution in [0.3, 0.4) is 0 Å². The normalized spacial score (nSPS) is 9.81. The van der Waals surface area contributed by atoms with Crippen molar-refractivity contribution in [1.29, 1.82) is 0 Å². The maximum Gasteiger partial charge on any atom is 0.514 e. The minimum atomic E-state index is -0.754. The van der Waals surface area contributed by atoms with E-state index in [0.29, 0.717) is 11.5 Å². The van der Waals surface area contributed by atoms with Crippen LogP contribution in [-0.4, -0.2) is 20.4 Å². The Morgan fingerprint density at radius 3 is 1.81 bits per heavy atom. The van der Waals surface area contributed by atoms with E-state index in [4.69, 9.17) is 18.9 Å². The second kappa shape index (κ2) is 7.19. The molecule has 2 aromatic carbocycles. The van der Waals surface area contributed by atoms with Crippen LogP contribution in [0, 0.1) is 0 Å². The topological polar surface area (TPSA) is 54.0 Å². The van der Waals surface area contributed by atoms with E-state index in [1.165, 1.54) is 0 Å². The third-order valence-corrected chi connectivity index (χ3v) is 2.78. The molecule has 0 aliphatic rings. The zero-order valence-corrected chi connectivity index (χ0v) is 11.9. The Labute approximate surface area is 123 Å². The third kappa shape index (κ3) is 4.42. The highest BCUT2D eigenvalue weighted by molar-refractivity contribution is 5.63. The summed E-state index contributed by atoms with van der Waals surface area (Å²) in [5, 5.41) is 0. The first-order chi connectivity index (χ1) is 10.2.